The fourth-order valence-corrected chi connectivity index (χ4v) is 4.40. The van der Waals surface area contributed by atoms with Gasteiger partial charge in [-0.1, -0.05) is 12.1 Å². The van der Waals surface area contributed by atoms with Crippen LogP contribution in [-0.2, 0) is 4.74 Å². The van der Waals surface area contributed by atoms with Crippen LogP contribution in [0.1, 0.15) is 45.3 Å². The molecule has 138 valence electrons. The number of aliphatic hydroxyl groups excluding tert-OH is 1. The number of hydrogen-bond donors (Lipinski definition) is 1. The van der Waals surface area contributed by atoms with Crippen molar-refractivity contribution in [3.8, 4) is 0 Å². The molecule has 0 aromatic heterocycles. The number of benzene rings is 1. The summed E-state index contributed by atoms with van der Waals surface area (Å²) in [7, 11) is 0. The molecule has 1 unspecified atom stereocenters. The molecule has 0 radical (unpaired) electrons. The summed E-state index contributed by atoms with van der Waals surface area (Å²) in [5.41, 5.74) is 0.514. The maximum Gasteiger partial charge on any atom is 0.410 e. The molecule has 3 atom stereocenters. The number of ether oxygens (including phenoxy) is 1. The molecule has 1 aromatic rings. The molecule has 0 saturated carbocycles. The number of aliphatic hydroxyl groups is 1. The fraction of sp³-hybridized carbons (Fsp3) is 0.632. The average Bonchev–Trinajstić information content (AvgIpc) is 2.95. The van der Waals surface area contributed by atoms with E-state index in [9.17, 15) is 9.90 Å². The molecule has 3 rings (SSSR count). The van der Waals surface area contributed by atoms with Crippen molar-refractivity contribution < 1.29 is 14.6 Å². The third-order valence-electron chi connectivity index (χ3n) is 4.96. The van der Waals surface area contributed by atoms with Crippen molar-refractivity contribution in [2.45, 2.75) is 57.4 Å². The van der Waals surface area contributed by atoms with E-state index in [2.05, 4.69) is 33.6 Å². The molecule has 2 aliphatic rings. The molecule has 2 fully saturated rings. The zero-order valence-electron chi connectivity index (χ0n) is 15.1. The summed E-state index contributed by atoms with van der Waals surface area (Å²) >= 11 is 2.28. The number of fused-ring (bicyclic) bond motifs is 1. The first-order valence-corrected chi connectivity index (χ1v) is 10.00. The smallest absolute Gasteiger partial charge is 0.410 e. The Kier molecular flexibility index (Phi) is 5.60. The highest BCUT2D eigenvalue weighted by Crippen LogP contribution is 2.35. The van der Waals surface area contributed by atoms with Crippen LogP contribution in [0.15, 0.2) is 24.3 Å². The third kappa shape index (κ3) is 4.46. The number of carbonyl (C=O) groups is 1. The van der Waals surface area contributed by atoms with Gasteiger partial charge in [0, 0.05) is 35.3 Å². The lowest BCUT2D eigenvalue weighted by atomic mass is 10.0. The molecular formula is C19H27IN2O3. The second-order valence-corrected chi connectivity index (χ2v) is 9.21. The van der Waals surface area contributed by atoms with E-state index in [0.29, 0.717) is 19.1 Å². The minimum Gasteiger partial charge on any atom is -0.444 e. The van der Waals surface area contributed by atoms with Gasteiger partial charge in [-0.3, -0.25) is 4.90 Å². The van der Waals surface area contributed by atoms with Crippen LogP contribution in [0.5, 0.6) is 0 Å². The fourth-order valence-electron chi connectivity index (χ4n) is 3.84. The summed E-state index contributed by atoms with van der Waals surface area (Å²) in [4.78, 5) is 16.5. The van der Waals surface area contributed by atoms with Crippen LogP contribution in [0.25, 0.3) is 0 Å². The number of carbonyl (C=O) groups excluding carboxylic acids is 1. The molecule has 2 saturated heterocycles. The third-order valence-corrected chi connectivity index (χ3v) is 5.63. The zero-order chi connectivity index (χ0) is 18.2. The quantitative estimate of drug-likeness (QED) is 0.691. The molecule has 6 heteroatoms. The minimum atomic E-state index is -0.479. The van der Waals surface area contributed by atoms with E-state index in [1.807, 2.05) is 43.9 Å². The lowest BCUT2D eigenvalue weighted by Crippen LogP contribution is -2.55. The van der Waals surface area contributed by atoms with Crippen molar-refractivity contribution in [1.82, 2.24) is 9.80 Å². The van der Waals surface area contributed by atoms with E-state index in [1.54, 1.807) is 0 Å². The van der Waals surface area contributed by atoms with Gasteiger partial charge >= 0.3 is 6.09 Å². The van der Waals surface area contributed by atoms with Gasteiger partial charge in [-0.15, -0.1) is 0 Å². The van der Waals surface area contributed by atoms with Crippen LogP contribution in [0, 0.1) is 3.57 Å². The average molecular weight is 458 g/mol. The number of rotatable bonds is 2. The van der Waals surface area contributed by atoms with Crippen molar-refractivity contribution in [3.63, 3.8) is 0 Å². The molecule has 5 nitrogen and oxygen atoms in total. The molecule has 1 N–H and O–H groups in total. The number of halogens is 1. The van der Waals surface area contributed by atoms with E-state index in [-0.39, 0.29) is 12.1 Å². The van der Waals surface area contributed by atoms with Gasteiger partial charge in [0.05, 0.1) is 6.10 Å². The molecule has 0 aliphatic carbocycles. The maximum atomic E-state index is 12.3. The molecule has 0 spiro atoms. The van der Waals surface area contributed by atoms with Gasteiger partial charge in [0.15, 0.2) is 0 Å². The molecular weight excluding hydrogens is 431 g/mol. The van der Waals surface area contributed by atoms with Crippen LogP contribution in [-0.4, -0.2) is 58.3 Å². The summed E-state index contributed by atoms with van der Waals surface area (Å²) in [5.74, 6) is 0. The predicted molar refractivity (Wildman–Crippen MR) is 105 cm³/mol. The summed E-state index contributed by atoms with van der Waals surface area (Å²) in [5, 5.41) is 10.9. The van der Waals surface area contributed by atoms with Crippen LogP contribution >= 0.6 is 22.6 Å². The standard InChI is InChI=1S/C19H27IN2O3/c1-19(2,3)25-18(24)21-9-10-22-15(12-21)7-8-16(22)17(23)13-5-4-6-14(20)11-13/h4-6,11,15-17,23H,7-10,12H2,1-3H3/t15-,16+,17?/m0/s1. The van der Waals surface area contributed by atoms with Gasteiger partial charge in [-0.05, 0) is 73.9 Å². The number of nitrogens with zero attached hydrogens (tertiary/aromatic N) is 2. The summed E-state index contributed by atoms with van der Waals surface area (Å²) in [6.07, 6.45) is 1.26. The Labute approximate surface area is 163 Å². The molecule has 25 heavy (non-hydrogen) atoms. The normalized spacial score (nSPS) is 25.6. The number of hydrogen-bond acceptors (Lipinski definition) is 4. The molecule has 2 aliphatic heterocycles. The first-order valence-electron chi connectivity index (χ1n) is 8.92. The monoisotopic (exact) mass is 458 g/mol. The van der Waals surface area contributed by atoms with Crippen molar-refractivity contribution >= 4 is 28.7 Å². The van der Waals surface area contributed by atoms with Crippen LogP contribution in [0.3, 0.4) is 0 Å². The van der Waals surface area contributed by atoms with Crippen molar-refractivity contribution in [2.24, 2.45) is 0 Å². The predicted octanol–water partition coefficient (Wildman–Crippen LogP) is 3.41. The Bertz CT molecular complexity index is 631. The summed E-state index contributed by atoms with van der Waals surface area (Å²) in [6.45, 7) is 7.81. The lowest BCUT2D eigenvalue weighted by Gasteiger charge is -2.41. The van der Waals surface area contributed by atoms with Crippen molar-refractivity contribution in [1.29, 1.82) is 0 Å². The second-order valence-electron chi connectivity index (χ2n) is 7.96. The van der Waals surface area contributed by atoms with Gasteiger partial charge in [0.1, 0.15) is 5.60 Å². The van der Waals surface area contributed by atoms with Gasteiger partial charge in [-0.2, -0.15) is 0 Å². The second kappa shape index (κ2) is 7.40. The first kappa shape index (κ1) is 18.9. The lowest BCUT2D eigenvalue weighted by molar-refractivity contribution is -0.00791. The Morgan fingerprint density at radius 3 is 2.76 bits per heavy atom. The van der Waals surface area contributed by atoms with Crippen molar-refractivity contribution in [3.05, 3.63) is 33.4 Å². The first-order chi connectivity index (χ1) is 11.7. The minimum absolute atomic E-state index is 0.129. The Balaban J connectivity index is 1.64. The SMILES string of the molecule is CC(C)(C)OC(=O)N1CCN2[C@@H](CC[C@@H]2C(O)c2cccc(I)c2)C1. The highest BCUT2D eigenvalue weighted by atomic mass is 127. The Morgan fingerprint density at radius 2 is 2.08 bits per heavy atom. The van der Waals surface area contributed by atoms with Gasteiger partial charge in [-0.25, -0.2) is 4.79 Å². The van der Waals surface area contributed by atoms with Gasteiger partial charge < -0.3 is 14.7 Å². The Morgan fingerprint density at radius 1 is 1.32 bits per heavy atom. The summed E-state index contributed by atoms with van der Waals surface area (Å²) < 4.78 is 6.64. The Hall–Kier alpha value is -0.860. The van der Waals surface area contributed by atoms with E-state index in [0.717, 1.165) is 28.5 Å². The maximum absolute atomic E-state index is 12.3. The van der Waals surface area contributed by atoms with Gasteiger partial charge in [0.2, 0.25) is 0 Å². The molecule has 1 aromatic carbocycles. The van der Waals surface area contributed by atoms with Crippen LogP contribution in [0.2, 0.25) is 0 Å². The van der Waals surface area contributed by atoms with E-state index in [1.165, 1.54) is 0 Å². The van der Waals surface area contributed by atoms with E-state index >= 15 is 0 Å². The molecule has 0 bridgehead atoms. The topological polar surface area (TPSA) is 53.0 Å². The number of piperazine rings is 1. The highest BCUT2D eigenvalue weighted by molar-refractivity contribution is 14.1. The highest BCUT2D eigenvalue weighted by Gasteiger charge is 2.42. The van der Waals surface area contributed by atoms with Crippen LogP contribution in [0.4, 0.5) is 4.79 Å². The van der Waals surface area contributed by atoms with Crippen molar-refractivity contribution in [2.75, 3.05) is 19.6 Å². The van der Waals surface area contributed by atoms with E-state index in [4.69, 9.17) is 4.74 Å². The van der Waals surface area contributed by atoms with E-state index < -0.39 is 11.7 Å². The van der Waals surface area contributed by atoms with Crippen LogP contribution < -0.4 is 0 Å². The molecule has 1 amide bonds. The zero-order valence-corrected chi connectivity index (χ0v) is 17.3. The summed E-state index contributed by atoms with van der Waals surface area (Å²) in [6, 6.07) is 8.51. The number of amides is 1. The largest absolute Gasteiger partial charge is 0.444 e. The molecule has 2 heterocycles. The van der Waals surface area contributed by atoms with Gasteiger partial charge in [0.25, 0.3) is 0 Å².